The summed E-state index contributed by atoms with van der Waals surface area (Å²) in [5.74, 6) is -0.115. The molecule has 104 valence electrons. The number of hydrogen-bond acceptors (Lipinski definition) is 3. The van der Waals surface area contributed by atoms with E-state index in [4.69, 9.17) is 0 Å². The van der Waals surface area contributed by atoms with Crippen LogP contribution in [0.3, 0.4) is 0 Å². The van der Waals surface area contributed by atoms with Gasteiger partial charge < -0.3 is 10.2 Å². The minimum absolute atomic E-state index is 0.0977. The predicted octanol–water partition coefficient (Wildman–Crippen LogP) is 0.815. The van der Waals surface area contributed by atoms with Gasteiger partial charge in [-0.2, -0.15) is 5.10 Å². The Kier molecular flexibility index (Phi) is 3.87. The maximum absolute atomic E-state index is 12.0. The van der Waals surface area contributed by atoms with Gasteiger partial charge in [-0.1, -0.05) is 0 Å². The van der Waals surface area contributed by atoms with Gasteiger partial charge in [0.2, 0.25) is 5.91 Å². The van der Waals surface area contributed by atoms with Gasteiger partial charge in [0.25, 0.3) is 5.91 Å². The first kappa shape index (κ1) is 13.6. The van der Waals surface area contributed by atoms with E-state index < -0.39 is 0 Å². The molecule has 2 amide bonds. The molecule has 6 heteroatoms. The molecule has 1 aromatic heterocycles. The largest absolute Gasteiger partial charge is 0.346 e. The Balaban J connectivity index is 1.96. The number of carbonyl (C=O) groups is 2. The van der Waals surface area contributed by atoms with Crippen molar-refractivity contribution < 1.29 is 9.59 Å². The van der Waals surface area contributed by atoms with Gasteiger partial charge >= 0.3 is 0 Å². The minimum atomic E-state index is -0.213. The number of nitrogens with zero attached hydrogens (tertiary/aromatic N) is 3. The number of rotatable bonds is 4. The van der Waals surface area contributed by atoms with Crippen LogP contribution in [0.15, 0.2) is 12.3 Å². The van der Waals surface area contributed by atoms with Crippen LogP contribution in [-0.2, 0) is 4.79 Å². The van der Waals surface area contributed by atoms with E-state index in [0.717, 1.165) is 0 Å². The van der Waals surface area contributed by atoms with Gasteiger partial charge in [0, 0.05) is 31.7 Å². The Bertz CT molecular complexity index is 481. The molecule has 0 spiro atoms. The summed E-state index contributed by atoms with van der Waals surface area (Å²) in [6, 6.07) is 1.82. The lowest BCUT2D eigenvalue weighted by molar-refractivity contribution is -0.127. The van der Waals surface area contributed by atoms with Crippen molar-refractivity contribution in [2.45, 2.75) is 39.3 Å². The lowest BCUT2D eigenvalue weighted by Crippen LogP contribution is -2.37. The molecule has 1 fully saturated rings. The van der Waals surface area contributed by atoms with Gasteiger partial charge in [-0.15, -0.1) is 0 Å². The molecular weight excluding hydrogens is 244 g/mol. The topological polar surface area (TPSA) is 67.2 Å². The van der Waals surface area contributed by atoms with E-state index in [9.17, 15) is 9.59 Å². The van der Waals surface area contributed by atoms with Crippen LogP contribution in [0.1, 0.15) is 43.7 Å². The van der Waals surface area contributed by atoms with Crippen molar-refractivity contribution >= 4 is 11.8 Å². The first-order valence-electron chi connectivity index (χ1n) is 6.65. The second kappa shape index (κ2) is 5.42. The number of likely N-dealkylation sites (tertiary alicyclic amines) is 1. The molecule has 0 aliphatic carbocycles. The zero-order valence-electron chi connectivity index (χ0n) is 11.6. The molecule has 1 atom stereocenters. The molecule has 0 radical (unpaired) electrons. The second-order valence-corrected chi connectivity index (χ2v) is 5.08. The van der Waals surface area contributed by atoms with Gasteiger partial charge in [0.15, 0.2) is 0 Å². The predicted molar refractivity (Wildman–Crippen MR) is 70.7 cm³/mol. The molecule has 1 aromatic rings. The average Bonchev–Trinajstić information content (AvgIpc) is 2.95. The number of nitrogens with one attached hydrogen (secondary N) is 1. The lowest BCUT2D eigenvalue weighted by Gasteiger charge is -2.14. The van der Waals surface area contributed by atoms with Crippen molar-refractivity contribution in [1.29, 1.82) is 0 Å². The molecular formula is C13H20N4O2. The molecule has 1 saturated heterocycles. The van der Waals surface area contributed by atoms with Crippen molar-refractivity contribution in [1.82, 2.24) is 20.0 Å². The van der Waals surface area contributed by atoms with Gasteiger partial charge in [0.05, 0.1) is 6.04 Å². The quantitative estimate of drug-likeness (QED) is 0.875. The van der Waals surface area contributed by atoms with Crippen LogP contribution >= 0.6 is 0 Å². The average molecular weight is 264 g/mol. The summed E-state index contributed by atoms with van der Waals surface area (Å²) in [5, 5.41) is 7.08. The van der Waals surface area contributed by atoms with Crippen LogP contribution in [0.25, 0.3) is 0 Å². The molecule has 1 aliphatic heterocycles. The van der Waals surface area contributed by atoms with E-state index >= 15 is 0 Å². The summed E-state index contributed by atoms with van der Waals surface area (Å²) in [6.07, 6.45) is 2.17. The third-order valence-corrected chi connectivity index (χ3v) is 3.30. The summed E-state index contributed by atoms with van der Waals surface area (Å²) in [5.41, 5.74) is 0.399. The highest BCUT2D eigenvalue weighted by molar-refractivity contribution is 5.93. The molecule has 2 heterocycles. The van der Waals surface area contributed by atoms with E-state index in [1.165, 1.54) is 0 Å². The van der Waals surface area contributed by atoms with Crippen molar-refractivity contribution in [3.8, 4) is 0 Å². The summed E-state index contributed by atoms with van der Waals surface area (Å²) in [4.78, 5) is 25.4. The number of likely N-dealkylation sites (N-methyl/N-ethyl adjacent to an activating group) is 1. The first-order valence-corrected chi connectivity index (χ1v) is 6.65. The fraction of sp³-hybridized carbons (Fsp3) is 0.615. The summed E-state index contributed by atoms with van der Waals surface area (Å²) >= 11 is 0. The molecule has 1 N–H and O–H groups in total. The first-order chi connectivity index (χ1) is 9.01. The van der Waals surface area contributed by atoms with Crippen LogP contribution < -0.4 is 5.32 Å². The summed E-state index contributed by atoms with van der Waals surface area (Å²) in [6.45, 7) is 7.22. The molecule has 6 nitrogen and oxygen atoms in total. The third-order valence-electron chi connectivity index (χ3n) is 3.30. The van der Waals surface area contributed by atoms with Gasteiger partial charge in [-0.3, -0.25) is 14.3 Å². The maximum Gasteiger partial charge on any atom is 0.272 e. The molecule has 0 aromatic carbocycles. The van der Waals surface area contributed by atoms with Crippen LogP contribution in [0.2, 0.25) is 0 Å². The Hall–Kier alpha value is -1.85. The fourth-order valence-electron chi connectivity index (χ4n) is 2.18. The SMILES string of the molecule is CCN1C[C@@H](NC(=O)c2ccn(C(C)C)n2)CC1=O. The molecule has 0 saturated carbocycles. The number of hydrogen-bond donors (Lipinski definition) is 1. The normalized spacial score (nSPS) is 19.3. The molecule has 0 unspecified atom stereocenters. The highest BCUT2D eigenvalue weighted by Crippen LogP contribution is 2.11. The zero-order valence-corrected chi connectivity index (χ0v) is 11.6. The van der Waals surface area contributed by atoms with Crippen LogP contribution in [0, 0.1) is 0 Å². The Morgan fingerprint density at radius 1 is 1.58 bits per heavy atom. The zero-order chi connectivity index (χ0) is 14.0. The second-order valence-electron chi connectivity index (χ2n) is 5.08. The van der Waals surface area contributed by atoms with Crippen LogP contribution in [0.5, 0.6) is 0 Å². The van der Waals surface area contributed by atoms with E-state index in [-0.39, 0.29) is 23.9 Å². The number of amides is 2. The summed E-state index contributed by atoms with van der Waals surface area (Å²) in [7, 11) is 0. The smallest absolute Gasteiger partial charge is 0.272 e. The highest BCUT2D eigenvalue weighted by Gasteiger charge is 2.29. The van der Waals surface area contributed by atoms with Crippen LogP contribution in [0.4, 0.5) is 0 Å². The van der Waals surface area contributed by atoms with E-state index in [0.29, 0.717) is 25.2 Å². The van der Waals surface area contributed by atoms with Gasteiger partial charge in [-0.25, -0.2) is 0 Å². The van der Waals surface area contributed by atoms with Crippen molar-refractivity contribution in [3.05, 3.63) is 18.0 Å². The van der Waals surface area contributed by atoms with Crippen LogP contribution in [-0.4, -0.2) is 45.6 Å². The summed E-state index contributed by atoms with van der Waals surface area (Å²) < 4.78 is 1.74. The fourth-order valence-corrected chi connectivity index (χ4v) is 2.18. The monoisotopic (exact) mass is 264 g/mol. The molecule has 0 bridgehead atoms. The van der Waals surface area contributed by atoms with Crippen molar-refractivity contribution in [2.24, 2.45) is 0 Å². The lowest BCUT2D eigenvalue weighted by atomic mass is 10.2. The van der Waals surface area contributed by atoms with Crippen molar-refractivity contribution in [2.75, 3.05) is 13.1 Å². The Labute approximate surface area is 112 Å². The highest BCUT2D eigenvalue weighted by atomic mass is 16.2. The molecule has 2 rings (SSSR count). The minimum Gasteiger partial charge on any atom is -0.346 e. The van der Waals surface area contributed by atoms with E-state index in [2.05, 4.69) is 10.4 Å². The van der Waals surface area contributed by atoms with E-state index in [1.807, 2.05) is 20.8 Å². The van der Waals surface area contributed by atoms with Gasteiger partial charge in [-0.05, 0) is 26.8 Å². The standard InChI is InChI=1S/C13H20N4O2/c1-4-16-8-10(7-12(16)18)14-13(19)11-5-6-17(15-11)9(2)3/h5-6,9-10H,4,7-8H2,1-3H3,(H,14,19)/t10-/m0/s1. The number of carbonyl (C=O) groups excluding carboxylic acids is 2. The third kappa shape index (κ3) is 2.94. The number of aromatic nitrogens is 2. The van der Waals surface area contributed by atoms with E-state index in [1.54, 1.807) is 21.8 Å². The van der Waals surface area contributed by atoms with Crippen molar-refractivity contribution in [3.63, 3.8) is 0 Å². The van der Waals surface area contributed by atoms with Gasteiger partial charge in [0.1, 0.15) is 5.69 Å². The Morgan fingerprint density at radius 2 is 2.32 bits per heavy atom. The maximum atomic E-state index is 12.0. The molecule has 1 aliphatic rings. The Morgan fingerprint density at radius 3 is 2.84 bits per heavy atom. The molecule has 19 heavy (non-hydrogen) atoms.